The average molecular weight is 186 g/mol. The summed E-state index contributed by atoms with van der Waals surface area (Å²) in [5.74, 6) is -0.815. The Labute approximate surface area is 69.3 Å². The molecule has 0 aromatic rings. The van der Waals surface area contributed by atoms with E-state index in [1.165, 1.54) is 14.0 Å². The molecule has 0 amide bonds. The Morgan fingerprint density at radius 1 is 1.42 bits per heavy atom. The highest BCUT2D eigenvalue weighted by Crippen LogP contribution is 2.26. The van der Waals surface area contributed by atoms with Gasteiger partial charge in [0.05, 0.1) is 0 Å². The smallest absolute Gasteiger partial charge is 0.385 e. The SMILES string of the molecule is COCCC(C)[C@H](O)C(F)(F)F. The van der Waals surface area contributed by atoms with Gasteiger partial charge in [-0.15, -0.1) is 0 Å². The predicted molar refractivity (Wildman–Crippen MR) is 37.7 cm³/mol. The highest BCUT2D eigenvalue weighted by molar-refractivity contribution is 4.71. The number of halogens is 3. The average Bonchev–Trinajstić information content (AvgIpc) is 1.97. The highest BCUT2D eigenvalue weighted by Gasteiger charge is 2.41. The summed E-state index contributed by atoms with van der Waals surface area (Å²) in [7, 11) is 1.41. The van der Waals surface area contributed by atoms with Crippen molar-refractivity contribution in [1.82, 2.24) is 0 Å². The van der Waals surface area contributed by atoms with Crippen LogP contribution in [0.15, 0.2) is 0 Å². The number of alkyl halides is 3. The maximum atomic E-state index is 11.8. The second kappa shape index (κ2) is 4.67. The van der Waals surface area contributed by atoms with Crippen LogP contribution in [0.2, 0.25) is 0 Å². The van der Waals surface area contributed by atoms with Gasteiger partial charge in [0, 0.05) is 13.7 Å². The van der Waals surface area contributed by atoms with Gasteiger partial charge in [0.2, 0.25) is 0 Å². The third-order valence-electron chi connectivity index (χ3n) is 1.65. The van der Waals surface area contributed by atoms with Crippen LogP contribution in [0.3, 0.4) is 0 Å². The number of ether oxygens (including phenoxy) is 1. The third kappa shape index (κ3) is 3.92. The van der Waals surface area contributed by atoms with Gasteiger partial charge in [0.15, 0.2) is 6.10 Å². The summed E-state index contributed by atoms with van der Waals surface area (Å²) >= 11 is 0. The molecule has 0 radical (unpaired) electrons. The Kier molecular flexibility index (Phi) is 4.55. The largest absolute Gasteiger partial charge is 0.414 e. The van der Waals surface area contributed by atoms with Crippen LogP contribution >= 0.6 is 0 Å². The first-order valence-corrected chi connectivity index (χ1v) is 3.63. The molecule has 1 N–H and O–H groups in total. The van der Waals surface area contributed by atoms with Crippen molar-refractivity contribution in [3.05, 3.63) is 0 Å². The number of aliphatic hydroxyl groups excluding tert-OH is 1. The van der Waals surface area contributed by atoms with E-state index < -0.39 is 18.2 Å². The standard InChI is InChI=1S/C7H13F3O2/c1-5(3-4-12-2)6(11)7(8,9)10/h5-6,11H,3-4H2,1-2H3/t5?,6-/m0/s1. The Hall–Kier alpha value is -0.290. The molecule has 0 fully saturated rings. The van der Waals surface area contributed by atoms with Crippen LogP contribution < -0.4 is 0 Å². The number of hydrogen-bond donors (Lipinski definition) is 1. The first kappa shape index (κ1) is 11.7. The van der Waals surface area contributed by atoms with Gasteiger partial charge in [-0.05, 0) is 12.3 Å². The molecule has 0 aliphatic carbocycles. The van der Waals surface area contributed by atoms with Crippen LogP contribution in [0.25, 0.3) is 0 Å². The first-order chi connectivity index (χ1) is 5.39. The van der Waals surface area contributed by atoms with E-state index in [2.05, 4.69) is 4.74 Å². The number of methoxy groups -OCH3 is 1. The molecule has 0 aliphatic rings. The van der Waals surface area contributed by atoms with E-state index in [4.69, 9.17) is 5.11 Å². The predicted octanol–water partition coefficient (Wildman–Crippen LogP) is 1.58. The quantitative estimate of drug-likeness (QED) is 0.722. The van der Waals surface area contributed by atoms with Crippen LogP contribution in [0, 0.1) is 5.92 Å². The zero-order chi connectivity index (χ0) is 9.78. The summed E-state index contributed by atoms with van der Waals surface area (Å²) in [6.45, 7) is 1.57. The molecule has 0 saturated heterocycles. The monoisotopic (exact) mass is 186 g/mol. The minimum absolute atomic E-state index is 0.206. The van der Waals surface area contributed by atoms with Gasteiger partial charge in [0.1, 0.15) is 0 Å². The molecular formula is C7H13F3O2. The van der Waals surface area contributed by atoms with E-state index in [1.807, 2.05) is 0 Å². The molecule has 0 bridgehead atoms. The molecule has 0 saturated carbocycles. The fourth-order valence-corrected chi connectivity index (χ4v) is 0.784. The molecular weight excluding hydrogens is 173 g/mol. The van der Waals surface area contributed by atoms with Crippen molar-refractivity contribution < 1.29 is 23.0 Å². The van der Waals surface area contributed by atoms with E-state index >= 15 is 0 Å². The molecule has 0 rings (SSSR count). The Morgan fingerprint density at radius 3 is 2.25 bits per heavy atom. The molecule has 12 heavy (non-hydrogen) atoms. The van der Waals surface area contributed by atoms with Crippen LogP contribution in [-0.4, -0.2) is 31.1 Å². The highest BCUT2D eigenvalue weighted by atomic mass is 19.4. The number of rotatable bonds is 4. The molecule has 74 valence electrons. The van der Waals surface area contributed by atoms with E-state index in [-0.39, 0.29) is 13.0 Å². The van der Waals surface area contributed by atoms with Gasteiger partial charge in [-0.3, -0.25) is 0 Å². The Morgan fingerprint density at radius 2 is 1.92 bits per heavy atom. The maximum Gasteiger partial charge on any atom is 0.414 e. The normalized spacial score (nSPS) is 17.5. The summed E-state index contributed by atoms with van der Waals surface area (Å²) in [6.07, 6.45) is -6.56. The molecule has 2 atom stereocenters. The molecule has 0 spiro atoms. The van der Waals surface area contributed by atoms with E-state index in [0.717, 1.165) is 0 Å². The van der Waals surface area contributed by atoms with Crippen molar-refractivity contribution in [2.75, 3.05) is 13.7 Å². The van der Waals surface area contributed by atoms with E-state index in [0.29, 0.717) is 0 Å². The lowest BCUT2D eigenvalue weighted by Gasteiger charge is -2.20. The van der Waals surface area contributed by atoms with Crippen molar-refractivity contribution >= 4 is 0 Å². The maximum absolute atomic E-state index is 11.8. The van der Waals surface area contributed by atoms with Crippen LogP contribution in [0.5, 0.6) is 0 Å². The van der Waals surface area contributed by atoms with E-state index in [9.17, 15) is 13.2 Å². The molecule has 5 heteroatoms. The minimum Gasteiger partial charge on any atom is -0.385 e. The van der Waals surface area contributed by atoms with Crippen molar-refractivity contribution in [3.8, 4) is 0 Å². The number of hydrogen-bond acceptors (Lipinski definition) is 2. The Bertz CT molecular complexity index is 124. The van der Waals surface area contributed by atoms with Gasteiger partial charge in [-0.1, -0.05) is 6.92 Å². The molecule has 0 heterocycles. The lowest BCUT2D eigenvalue weighted by Crippen LogP contribution is -2.35. The second-order valence-electron chi connectivity index (χ2n) is 2.75. The second-order valence-corrected chi connectivity index (χ2v) is 2.75. The summed E-state index contributed by atoms with van der Waals surface area (Å²) in [6, 6.07) is 0. The third-order valence-corrected chi connectivity index (χ3v) is 1.65. The van der Waals surface area contributed by atoms with Gasteiger partial charge >= 0.3 is 6.18 Å². The van der Waals surface area contributed by atoms with Crippen molar-refractivity contribution in [2.45, 2.75) is 25.6 Å². The molecule has 0 aliphatic heterocycles. The zero-order valence-corrected chi connectivity index (χ0v) is 7.06. The van der Waals surface area contributed by atoms with Crippen LogP contribution in [-0.2, 0) is 4.74 Å². The van der Waals surface area contributed by atoms with Crippen molar-refractivity contribution in [3.63, 3.8) is 0 Å². The summed E-state index contributed by atoms with van der Waals surface area (Å²) in [4.78, 5) is 0. The lowest BCUT2D eigenvalue weighted by molar-refractivity contribution is -0.218. The summed E-state index contributed by atoms with van der Waals surface area (Å²) in [5, 5.41) is 8.70. The molecule has 0 aromatic heterocycles. The molecule has 1 unspecified atom stereocenters. The zero-order valence-electron chi connectivity index (χ0n) is 7.06. The Balaban J connectivity index is 3.84. The van der Waals surface area contributed by atoms with Crippen molar-refractivity contribution in [1.29, 1.82) is 0 Å². The van der Waals surface area contributed by atoms with Gasteiger partial charge in [-0.2, -0.15) is 13.2 Å². The van der Waals surface area contributed by atoms with E-state index in [1.54, 1.807) is 0 Å². The summed E-state index contributed by atoms with van der Waals surface area (Å²) in [5.41, 5.74) is 0. The van der Waals surface area contributed by atoms with Crippen molar-refractivity contribution in [2.24, 2.45) is 5.92 Å². The fraction of sp³-hybridized carbons (Fsp3) is 1.00. The topological polar surface area (TPSA) is 29.5 Å². The molecule has 2 nitrogen and oxygen atoms in total. The van der Waals surface area contributed by atoms with Gasteiger partial charge < -0.3 is 9.84 Å². The van der Waals surface area contributed by atoms with Crippen LogP contribution in [0.1, 0.15) is 13.3 Å². The van der Waals surface area contributed by atoms with Crippen LogP contribution in [0.4, 0.5) is 13.2 Å². The molecule has 0 aromatic carbocycles. The lowest BCUT2D eigenvalue weighted by atomic mass is 10.0. The fourth-order valence-electron chi connectivity index (χ4n) is 0.784. The first-order valence-electron chi connectivity index (χ1n) is 3.63. The van der Waals surface area contributed by atoms with Gasteiger partial charge in [-0.25, -0.2) is 0 Å². The number of aliphatic hydroxyl groups is 1. The summed E-state index contributed by atoms with van der Waals surface area (Å²) < 4.78 is 40.1. The van der Waals surface area contributed by atoms with Gasteiger partial charge in [0.25, 0.3) is 0 Å². The minimum atomic E-state index is -4.52.